The number of carbonyl (C=O) groups is 5. The Morgan fingerprint density at radius 1 is 1.25 bits per heavy atom. The monoisotopic (exact) mass is 824 g/mol. The number of nitrogens with one attached hydrogen (secondary N) is 3. The van der Waals surface area contributed by atoms with Crippen LogP contribution in [0.1, 0.15) is 36.8 Å². The number of hydrazine groups is 2. The summed E-state index contributed by atoms with van der Waals surface area (Å²) in [6.45, 7) is 3.82. The fourth-order valence-electron chi connectivity index (χ4n) is 5.39. The fraction of sp³-hybridized carbons (Fsp3) is 0.355. The van der Waals surface area contributed by atoms with Crippen molar-refractivity contribution in [3.05, 3.63) is 58.0 Å². The van der Waals surface area contributed by atoms with E-state index in [0.717, 1.165) is 35.2 Å². The number of aliphatic imine (C=N–C) groups is 1. The Morgan fingerprint density at radius 2 is 2.00 bits per heavy atom. The molecule has 0 saturated carbocycles. The average molecular weight is 825 g/mol. The Bertz CT molecular complexity index is 2060. The predicted molar refractivity (Wildman–Crippen MR) is 193 cm³/mol. The molecule has 1 aromatic carbocycles. The first-order valence-corrected chi connectivity index (χ1v) is 18.8. The number of nitrogen functional groups attached to an aromatic ring is 1. The van der Waals surface area contributed by atoms with E-state index >= 15 is 0 Å². The summed E-state index contributed by atoms with van der Waals surface area (Å²) >= 11 is 3.37. The van der Waals surface area contributed by atoms with Gasteiger partial charge in [0.2, 0.25) is 11.5 Å². The number of anilines is 1. The first-order chi connectivity index (χ1) is 25.5. The number of hydrogen-bond acceptors (Lipinski definition) is 20. The average Bonchev–Trinajstić information content (AvgIpc) is 3.76. The number of carbonyl (C=O) groups excluding carboxylic acids is 5. The molecule has 20 nitrogen and oxygen atoms in total. The maximum atomic E-state index is 13.6. The third kappa shape index (κ3) is 8.57. The minimum Gasteiger partial charge on any atom is -0.549 e. The number of hydrogen-bond donors (Lipinski definition) is 7. The van der Waals surface area contributed by atoms with Crippen LogP contribution in [0, 0.1) is 5.41 Å². The van der Waals surface area contributed by atoms with Gasteiger partial charge in [-0.1, -0.05) is 5.16 Å². The van der Waals surface area contributed by atoms with Gasteiger partial charge in [-0.15, -0.1) is 40.4 Å². The predicted octanol–water partition coefficient (Wildman–Crippen LogP) is -4.43. The van der Waals surface area contributed by atoms with Crippen LogP contribution in [0.3, 0.4) is 0 Å². The zero-order chi connectivity index (χ0) is 39.1. The van der Waals surface area contributed by atoms with Gasteiger partial charge in [0.1, 0.15) is 23.8 Å². The van der Waals surface area contributed by atoms with Crippen LogP contribution in [-0.4, -0.2) is 118 Å². The summed E-state index contributed by atoms with van der Waals surface area (Å²) in [4.78, 5) is 80.5. The number of imide groups is 1. The molecule has 4 amide bonds. The number of rotatable bonds is 12. The van der Waals surface area contributed by atoms with E-state index in [-0.39, 0.29) is 70.7 Å². The third-order valence-electron chi connectivity index (χ3n) is 8.44. The van der Waals surface area contributed by atoms with Crippen LogP contribution in [0.25, 0.3) is 0 Å². The second-order valence-corrected chi connectivity index (χ2v) is 15.8. The Kier molecular flexibility index (Phi) is 12.5. The fourth-order valence-corrected chi connectivity index (χ4v) is 8.86. The SMILES string of the molecule is CC1=NC2=CN(CO)NN2C(SCC2(C(=O)[O-])CS[C@@H]3C(NC(=O)C(=NOC(C)(C)C(=O)NC(=O)c4ccc(O)c(O)c4)c4csc(N)n4)C(=O)N3C2)=C1.[Na+]. The number of phenols is 2. The van der Waals surface area contributed by atoms with Crippen molar-refractivity contribution in [1.29, 1.82) is 0 Å². The Morgan fingerprint density at radius 3 is 2.65 bits per heavy atom. The van der Waals surface area contributed by atoms with Gasteiger partial charge in [0.25, 0.3) is 17.7 Å². The molecule has 2 saturated heterocycles. The number of aromatic hydroxyl groups is 2. The topological polar surface area (TPSA) is 288 Å². The standard InChI is InChI=1S/C31H34N10O10S3.Na/c1-14-6-20(41-19(33-14)8-39(13-42)38-41)53-11-31(28(49)50)10-40-25(47)22(26(40)54-12-31)35-24(46)21(16-9-52-29(32)34-16)37-51-30(2,3)27(48)36-23(45)15-4-5-17(43)18(44)7-15;/h4-9,22,26,38,42-44H,10-13H2,1-3H3,(H2,32,34)(H,35,46)(H,49,50)(H,36,45,48);/q;+1/p-1/t22?,26-,31?;/m1./s1. The van der Waals surface area contributed by atoms with Gasteiger partial charge in [-0.3, -0.25) is 29.5 Å². The molecule has 55 heavy (non-hydrogen) atoms. The number of benzene rings is 1. The first-order valence-electron chi connectivity index (χ1n) is 15.9. The summed E-state index contributed by atoms with van der Waals surface area (Å²) in [7, 11) is 0. The van der Waals surface area contributed by atoms with Crippen molar-refractivity contribution in [1.82, 2.24) is 36.1 Å². The van der Waals surface area contributed by atoms with Crippen LogP contribution < -0.4 is 56.6 Å². The van der Waals surface area contributed by atoms with Gasteiger partial charge in [0.15, 0.2) is 28.2 Å². The number of aliphatic carboxylic acids is 1. The van der Waals surface area contributed by atoms with Crippen LogP contribution in [-0.2, 0) is 24.0 Å². The van der Waals surface area contributed by atoms with E-state index in [9.17, 15) is 44.4 Å². The largest absolute Gasteiger partial charge is 1.00 e. The second kappa shape index (κ2) is 16.4. The second-order valence-electron chi connectivity index (χ2n) is 12.8. The van der Waals surface area contributed by atoms with Crippen molar-refractivity contribution >= 4 is 81.0 Å². The summed E-state index contributed by atoms with van der Waals surface area (Å²) in [5, 5.41) is 54.4. The molecule has 2 fully saturated rings. The number of aliphatic hydroxyl groups is 1. The van der Waals surface area contributed by atoms with Gasteiger partial charge in [0, 0.05) is 40.1 Å². The molecule has 0 bridgehead atoms. The zero-order valence-corrected chi connectivity index (χ0v) is 34.1. The van der Waals surface area contributed by atoms with Crippen LogP contribution in [0.15, 0.2) is 56.9 Å². The Hall–Kier alpha value is -4.36. The van der Waals surface area contributed by atoms with Crippen LogP contribution in [0.2, 0.25) is 0 Å². The summed E-state index contributed by atoms with van der Waals surface area (Å²) in [6.07, 6.45) is 3.36. The molecule has 2 unspecified atom stereocenters. The van der Waals surface area contributed by atoms with Crippen molar-refractivity contribution in [2.75, 3.05) is 30.5 Å². The van der Waals surface area contributed by atoms with Gasteiger partial charge in [-0.25, -0.2) is 15.0 Å². The maximum Gasteiger partial charge on any atom is 1.00 e. The minimum atomic E-state index is -1.85. The number of carboxylic acid groups (broad SMARTS) is 1. The number of phenolic OH excluding ortho intramolecular Hbond substituents is 2. The van der Waals surface area contributed by atoms with Crippen molar-refractivity contribution < 1.29 is 78.8 Å². The van der Waals surface area contributed by atoms with Gasteiger partial charge < -0.3 is 46.0 Å². The first kappa shape index (κ1) is 41.8. The Labute approximate surface area is 347 Å². The summed E-state index contributed by atoms with van der Waals surface area (Å²) in [5.74, 6) is -5.11. The molecule has 0 radical (unpaired) electrons. The van der Waals surface area contributed by atoms with E-state index in [0.29, 0.717) is 16.6 Å². The maximum absolute atomic E-state index is 13.6. The van der Waals surface area contributed by atoms with E-state index < -0.39 is 69.2 Å². The van der Waals surface area contributed by atoms with E-state index in [2.05, 4.69) is 31.3 Å². The number of thiazole rings is 1. The molecule has 24 heteroatoms. The number of carboxylic acids is 1. The molecule has 6 rings (SSSR count). The quantitative estimate of drug-likeness (QED) is 0.0350. The number of thioether (sulfide) groups is 2. The smallest absolute Gasteiger partial charge is 0.549 e. The zero-order valence-electron chi connectivity index (χ0n) is 29.6. The molecule has 1 aromatic heterocycles. The number of aliphatic hydroxyl groups excluding tert-OH is 1. The molecule has 0 spiro atoms. The van der Waals surface area contributed by atoms with Crippen LogP contribution in [0.5, 0.6) is 11.5 Å². The van der Waals surface area contributed by atoms with E-state index in [1.807, 2.05) is 0 Å². The van der Waals surface area contributed by atoms with Gasteiger partial charge in [-0.05, 0) is 45.0 Å². The van der Waals surface area contributed by atoms with Crippen LogP contribution in [0.4, 0.5) is 5.13 Å². The number of β-lactam (4-membered cyclic amide) rings is 1. The van der Waals surface area contributed by atoms with Crippen molar-refractivity contribution in [2.45, 2.75) is 37.8 Å². The number of amides is 4. The van der Waals surface area contributed by atoms with Gasteiger partial charge >= 0.3 is 29.6 Å². The molecule has 4 aliphatic rings. The number of nitrogens with zero attached hydrogens (tertiary/aromatic N) is 6. The third-order valence-corrected chi connectivity index (χ3v) is 12.0. The number of fused-ring (bicyclic) bond motifs is 2. The summed E-state index contributed by atoms with van der Waals surface area (Å²) in [6, 6.07) is 2.14. The number of oxime groups is 1. The molecule has 4 aliphatic heterocycles. The van der Waals surface area contributed by atoms with Crippen molar-refractivity contribution in [3.8, 4) is 11.5 Å². The minimum absolute atomic E-state index is 0. The summed E-state index contributed by atoms with van der Waals surface area (Å²) in [5.41, 5.74) is 5.50. The molecular weight excluding hydrogens is 792 g/mol. The normalized spacial score (nSPS) is 21.9. The molecule has 3 atom stereocenters. The van der Waals surface area contributed by atoms with Gasteiger partial charge in [-0.2, -0.15) is 0 Å². The summed E-state index contributed by atoms with van der Waals surface area (Å²) < 4.78 is 0. The number of nitrogens with two attached hydrogens (primary N) is 1. The number of allylic oxidation sites excluding steroid dienone is 1. The van der Waals surface area contributed by atoms with Gasteiger partial charge in [0.05, 0.1) is 17.2 Å². The molecule has 0 aliphatic carbocycles. The Balaban J connectivity index is 0.00000580. The molecule has 5 heterocycles. The number of aromatic nitrogens is 1. The van der Waals surface area contributed by atoms with Crippen molar-refractivity contribution in [3.63, 3.8) is 0 Å². The van der Waals surface area contributed by atoms with E-state index in [1.54, 1.807) is 24.2 Å². The van der Waals surface area contributed by atoms with E-state index in [1.165, 1.54) is 47.0 Å². The van der Waals surface area contributed by atoms with E-state index in [4.69, 9.17) is 10.6 Å². The molecule has 286 valence electrons. The molecule has 2 aromatic rings. The molecule has 8 N–H and O–H groups in total. The molecular formula is C31H33N10NaO10S3. The van der Waals surface area contributed by atoms with Crippen molar-refractivity contribution in [2.24, 2.45) is 15.6 Å². The van der Waals surface area contributed by atoms with Crippen LogP contribution >= 0.6 is 34.9 Å².